The predicted octanol–water partition coefficient (Wildman–Crippen LogP) is 5.31. The lowest BCUT2D eigenvalue weighted by Crippen LogP contribution is -2.29. The number of methoxy groups -OCH3 is 2. The molecule has 6 nitrogen and oxygen atoms in total. The van der Waals surface area contributed by atoms with Crippen molar-refractivity contribution < 1.29 is 28.7 Å². The van der Waals surface area contributed by atoms with E-state index < -0.39 is 11.9 Å². The summed E-state index contributed by atoms with van der Waals surface area (Å²) < 4.78 is 9.79. The third kappa shape index (κ3) is 3.41. The zero-order valence-corrected chi connectivity index (χ0v) is 20.7. The topological polar surface area (TPSA) is 86.7 Å². The molecule has 0 heterocycles. The van der Waals surface area contributed by atoms with Crippen LogP contribution in [0.1, 0.15) is 86.6 Å². The van der Waals surface area contributed by atoms with E-state index in [-0.39, 0.29) is 23.4 Å². The van der Waals surface area contributed by atoms with E-state index in [9.17, 15) is 19.2 Å². The molecule has 0 fully saturated rings. The fourth-order valence-electron chi connectivity index (χ4n) is 5.83. The van der Waals surface area contributed by atoms with Crippen LogP contribution in [0.15, 0.2) is 84.9 Å². The summed E-state index contributed by atoms with van der Waals surface area (Å²) in [5, 5.41) is 0. The van der Waals surface area contributed by atoms with Gasteiger partial charge < -0.3 is 9.47 Å². The Morgan fingerprint density at radius 1 is 0.526 bits per heavy atom. The molecule has 2 aliphatic rings. The van der Waals surface area contributed by atoms with Crippen LogP contribution in [0, 0.1) is 0 Å². The number of carbonyl (C=O) groups is 4. The minimum atomic E-state index is -0.523. The standard InChI is InChI=1S/C32H22O6/c1-37-31(35)17-11-13-21-25(15-17)29(33)23-9-5-3-7-19(23)27(21)28-20-8-4-6-10-24(20)30(34)26-16-18(32(36)38-2)12-14-22(26)28/h3-16,27-28H,1-2H3/t27-,28+. The second-order valence-electron chi connectivity index (χ2n) is 9.38. The monoisotopic (exact) mass is 502 g/mol. The number of carbonyl (C=O) groups excluding carboxylic acids is 4. The van der Waals surface area contributed by atoms with Gasteiger partial charge in [-0.1, -0.05) is 60.7 Å². The normalized spacial score (nSPS) is 17.0. The molecule has 0 amide bonds. The number of rotatable bonds is 3. The van der Waals surface area contributed by atoms with Crippen LogP contribution in [0.25, 0.3) is 0 Å². The maximum atomic E-state index is 13.6. The first-order valence-corrected chi connectivity index (χ1v) is 12.2. The van der Waals surface area contributed by atoms with E-state index in [0.29, 0.717) is 33.4 Å². The number of fused-ring (bicyclic) bond motifs is 4. The van der Waals surface area contributed by atoms with E-state index in [1.807, 2.05) is 48.5 Å². The molecular weight excluding hydrogens is 480 g/mol. The van der Waals surface area contributed by atoms with Crippen LogP contribution in [-0.4, -0.2) is 37.7 Å². The van der Waals surface area contributed by atoms with Crippen molar-refractivity contribution in [2.45, 2.75) is 11.8 Å². The van der Waals surface area contributed by atoms with E-state index in [0.717, 1.165) is 22.3 Å². The van der Waals surface area contributed by atoms with Gasteiger partial charge in [0.25, 0.3) is 0 Å². The molecule has 2 atom stereocenters. The highest BCUT2D eigenvalue weighted by Crippen LogP contribution is 2.51. The average Bonchev–Trinajstić information content (AvgIpc) is 2.97. The van der Waals surface area contributed by atoms with Crippen molar-refractivity contribution in [3.8, 4) is 0 Å². The van der Waals surface area contributed by atoms with Gasteiger partial charge in [-0.15, -0.1) is 0 Å². The van der Waals surface area contributed by atoms with E-state index in [1.54, 1.807) is 36.4 Å². The summed E-state index contributed by atoms with van der Waals surface area (Å²) in [5.41, 5.74) is 5.75. The van der Waals surface area contributed by atoms with Crippen molar-refractivity contribution in [3.63, 3.8) is 0 Å². The second kappa shape index (κ2) is 8.92. The second-order valence-corrected chi connectivity index (χ2v) is 9.38. The average molecular weight is 503 g/mol. The Hall–Kier alpha value is -4.84. The summed E-state index contributed by atoms with van der Waals surface area (Å²) in [6.45, 7) is 0. The van der Waals surface area contributed by atoms with Crippen molar-refractivity contribution in [1.82, 2.24) is 0 Å². The molecule has 2 aliphatic carbocycles. The Bertz CT molecular complexity index is 1560. The number of ether oxygens (including phenoxy) is 2. The van der Waals surface area contributed by atoms with E-state index >= 15 is 0 Å². The van der Waals surface area contributed by atoms with E-state index in [4.69, 9.17) is 9.47 Å². The van der Waals surface area contributed by atoms with Gasteiger partial charge in [-0.25, -0.2) is 9.59 Å². The first kappa shape index (κ1) is 23.6. The molecule has 0 radical (unpaired) electrons. The Kier molecular flexibility index (Phi) is 5.53. The molecule has 0 spiro atoms. The molecule has 0 aliphatic heterocycles. The number of ketones is 2. The van der Waals surface area contributed by atoms with Crippen LogP contribution >= 0.6 is 0 Å². The van der Waals surface area contributed by atoms with Gasteiger partial charge in [0.15, 0.2) is 11.6 Å². The summed E-state index contributed by atoms with van der Waals surface area (Å²) in [4.78, 5) is 51.9. The highest BCUT2D eigenvalue weighted by Gasteiger charge is 2.42. The maximum Gasteiger partial charge on any atom is 0.337 e. The number of hydrogen-bond donors (Lipinski definition) is 0. The first-order chi connectivity index (χ1) is 18.4. The fraction of sp³-hybridized carbons (Fsp3) is 0.125. The highest BCUT2D eigenvalue weighted by molar-refractivity contribution is 6.15. The maximum absolute atomic E-state index is 13.6. The Balaban J connectivity index is 1.64. The predicted molar refractivity (Wildman–Crippen MR) is 139 cm³/mol. The molecule has 6 heteroatoms. The summed E-state index contributed by atoms with van der Waals surface area (Å²) >= 11 is 0. The minimum absolute atomic E-state index is 0.168. The molecule has 0 saturated carbocycles. The molecule has 0 aromatic heterocycles. The Morgan fingerprint density at radius 3 is 1.29 bits per heavy atom. The SMILES string of the molecule is COC(=O)c1ccc2c(c1)C(=O)c1ccccc1[C@H]2[C@H]1c2ccccc2C(=O)c2cc(C(=O)OC)ccc21. The van der Waals surface area contributed by atoms with Gasteiger partial charge in [0.1, 0.15) is 0 Å². The van der Waals surface area contributed by atoms with Gasteiger partial charge in [-0.05, 0) is 46.5 Å². The molecule has 0 bridgehead atoms. The Labute approximate surface area is 218 Å². The largest absolute Gasteiger partial charge is 0.465 e. The van der Waals surface area contributed by atoms with Crippen molar-refractivity contribution in [2.24, 2.45) is 0 Å². The fourth-order valence-corrected chi connectivity index (χ4v) is 5.83. The van der Waals surface area contributed by atoms with Crippen molar-refractivity contribution >= 4 is 23.5 Å². The summed E-state index contributed by atoms with van der Waals surface area (Å²) in [6.07, 6.45) is 0. The minimum Gasteiger partial charge on any atom is -0.465 e. The molecule has 4 aromatic carbocycles. The molecule has 0 saturated heterocycles. The molecule has 186 valence electrons. The summed E-state index contributed by atoms with van der Waals surface area (Å²) in [5.74, 6) is -2.04. The first-order valence-electron chi connectivity index (χ1n) is 12.2. The van der Waals surface area contributed by atoms with Gasteiger partial charge in [-0.3, -0.25) is 9.59 Å². The third-order valence-electron chi connectivity index (χ3n) is 7.52. The van der Waals surface area contributed by atoms with E-state index in [1.165, 1.54) is 14.2 Å². The zero-order chi connectivity index (χ0) is 26.6. The van der Waals surface area contributed by atoms with Gasteiger partial charge in [0.05, 0.1) is 25.3 Å². The van der Waals surface area contributed by atoms with Crippen LogP contribution in [-0.2, 0) is 9.47 Å². The van der Waals surface area contributed by atoms with Crippen LogP contribution in [0.5, 0.6) is 0 Å². The number of benzene rings is 4. The molecular formula is C32H22O6. The van der Waals surface area contributed by atoms with Crippen LogP contribution < -0.4 is 0 Å². The van der Waals surface area contributed by atoms with Gasteiger partial charge in [-0.2, -0.15) is 0 Å². The van der Waals surface area contributed by atoms with Crippen LogP contribution in [0.2, 0.25) is 0 Å². The number of hydrogen-bond acceptors (Lipinski definition) is 6. The van der Waals surface area contributed by atoms with Crippen LogP contribution in [0.3, 0.4) is 0 Å². The number of esters is 2. The molecule has 6 rings (SSSR count). The highest BCUT2D eigenvalue weighted by atomic mass is 16.5. The molecule has 38 heavy (non-hydrogen) atoms. The molecule has 4 aromatic rings. The molecule has 0 N–H and O–H groups in total. The zero-order valence-electron chi connectivity index (χ0n) is 20.7. The quantitative estimate of drug-likeness (QED) is 0.353. The van der Waals surface area contributed by atoms with Crippen molar-refractivity contribution in [3.05, 3.63) is 141 Å². The van der Waals surface area contributed by atoms with Crippen molar-refractivity contribution in [2.75, 3.05) is 14.2 Å². The lowest BCUT2D eigenvalue weighted by Gasteiger charge is -2.38. The van der Waals surface area contributed by atoms with Gasteiger partial charge >= 0.3 is 11.9 Å². The van der Waals surface area contributed by atoms with Gasteiger partial charge in [0, 0.05) is 34.1 Å². The third-order valence-corrected chi connectivity index (χ3v) is 7.52. The summed E-state index contributed by atoms with van der Waals surface area (Å²) in [6, 6.07) is 25.0. The summed E-state index contributed by atoms with van der Waals surface area (Å²) in [7, 11) is 2.61. The lowest BCUT2D eigenvalue weighted by molar-refractivity contribution is 0.0591. The lowest BCUT2D eigenvalue weighted by atomic mass is 9.64. The smallest absolute Gasteiger partial charge is 0.337 e. The van der Waals surface area contributed by atoms with Gasteiger partial charge in [0.2, 0.25) is 0 Å². The van der Waals surface area contributed by atoms with Crippen molar-refractivity contribution in [1.29, 1.82) is 0 Å². The Morgan fingerprint density at radius 2 is 0.895 bits per heavy atom. The molecule has 0 unspecified atom stereocenters. The van der Waals surface area contributed by atoms with E-state index in [2.05, 4.69) is 0 Å². The van der Waals surface area contributed by atoms with Crippen LogP contribution in [0.4, 0.5) is 0 Å².